The van der Waals surface area contributed by atoms with E-state index in [2.05, 4.69) is 10.3 Å². The molecule has 168 valence electrons. The molecule has 1 fully saturated rings. The van der Waals surface area contributed by atoms with Crippen molar-refractivity contribution in [3.05, 3.63) is 76.1 Å². The minimum atomic E-state index is -3.69. The van der Waals surface area contributed by atoms with Gasteiger partial charge in [-0.05, 0) is 43.5 Å². The number of carbonyl (C=O) groups excluding carboxylic acids is 1. The lowest BCUT2D eigenvalue weighted by atomic mass is 10.1. The number of nitrogens with one attached hydrogen (secondary N) is 2. The Morgan fingerprint density at radius 2 is 1.69 bits per heavy atom. The molecule has 7 nitrogen and oxygen atoms in total. The van der Waals surface area contributed by atoms with E-state index < -0.39 is 21.5 Å². The summed E-state index contributed by atoms with van der Waals surface area (Å²) in [6.07, 6.45) is 3.72. The number of H-pyrrole nitrogens is 1. The minimum Gasteiger partial charge on any atom is -0.345 e. The smallest absolute Gasteiger partial charge is 0.252 e. The third kappa shape index (κ3) is 4.61. The van der Waals surface area contributed by atoms with Crippen molar-refractivity contribution in [2.45, 2.75) is 43.5 Å². The molecule has 2 heterocycles. The average molecular weight is 454 g/mol. The van der Waals surface area contributed by atoms with Crippen LogP contribution in [0, 0.1) is 0 Å². The number of amides is 1. The topological polar surface area (TPSA) is 99.3 Å². The van der Waals surface area contributed by atoms with Gasteiger partial charge in [0.1, 0.15) is 0 Å². The summed E-state index contributed by atoms with van der Waals surface area (Å²) in [5.74, 6) is -0.429. The molecule has 1 saturated heterocycles. The van der Waals surface area contributed by atoms with Gasteiger partial charge in [-0.25, -0.2) is 8.42 Å². The van der Waals surface area contributed by atoms with Crippen molar-refractivity contribution in [3.63, 3.8) is 0 Å². The molecule has 1 aliphatic heterocycles. The molecule has 8 heteroatoms. The zero-order chi connectivity index (χ0) is 22.7. The van der Waals surface area contributed by atoms with Gasteiger partial charge < -0.3 is 10.3 Å². The number of pyridine rings is 1. The van der Waals surface area contributed by atoms with Crippen LogP contribution in [-0.2, 0) is 10.0 Å². The lowest BCUT2D eigenvalue weighted by Gasteiger charge is -2.20. The van der Waals surface area contributed by atoms with Crippen LogP contribution in [0.1, 0.15) is 54.6 Å². The predicted octanol–water partition coefficient (Wildman–Crippen LogP) is 3.58. The number of aromatic nitrogens is 1. The van der Waals surface area contributed by atoms with Gasteiger partial charge in [0.05, 0.1) is 16.5 Å². The van der Waals surface area contributed by atoms with E-state index in [4.69, 9.17) is 0 Å². The first-order valence-corrected chi connectivity index (χ1v) is 12.3. The van der Waals surface area contributed by atoms with Crippen LogP contribution in [-0.4, -0.2) is 36.7 Å². The highest BCUT2D eigenvalue weighted by molar-refractivity contribution is 7.89. The normalized spacial score (nSPS) is 16.4. The van der Waals surface area contributed by atoms with Gasteiger partial charge in [-0.3, -0.25) is 9.59 Å². The van der Waals surface area contributed by atoms with Crippen molar-refractivity contribution < 1.29 is 13.2 Å². The van der Waals surface area contributed by atoms with Crippen LogP contribution in [0.25, 0.3) is 10.9 Å². The fraction of sp³-hybridized carbons (Fsp3) is 0.333. The Morgan fingerprint density at radius 1 is 1.00 bits per heavy atom. The summed E-state index contributed by atoms with van der Waals surface area (Å²) in [6.45, 7) is 2.85. The van der Waals surface area contributed by atoms with Crippen molar-refractivity contribution in [2.24, 2.45) is 0 Å². The Labute approximate surface area is 187 Å². The average Bonchev–Trinajstić information content (AvgIpc) is 3.09. The Morgan fingerprint density at radius 3 is 2.38 bits per heavy atom. The van der Waals surface area contributed by atoms with Gasteiger partial charge in [-0.1, -0.05) is 43.2 Å². The second kappa shape index (κ2) is 9.26. The Bertz CT molecular complexity index is 1280. The Balaban J connectivity index is 1.71. The highest BCUT2D eigenvalue weighted by Crippen LogP contribution is 2.25. The number of rotatable bonds is 5. The first kappa shape index (κ1) is 22.2. The summed E-state index contributed by atoms with van der Waals surface area (Å²) < 4.78 is 28.0. The second-order valence-corrected chi connectivity index (χ2v) is 10.1. The van der Waals surface area contributed by atoms with Crippen molar-refractivity contribution in [1.82, 2.24) is 14.6 Å². The van der Waals surface area contributed by atoms with Gasteiger partial charge in [0, 0.05) is 30.1 Å². The first-order chi connectivity index (χ1) is 15.4. The molecule has 1 atom stereocenters. The number of carbonyl (C=O) groups is 1. The van der Waals surface area contributed by atoms with Gasteiger partial charge in [0.15, 0.2) is 0 Å². The number of fused-ring (bicyclic) bond motifs is 1. The maximum atomic E-state index is 13.2. The molecule has 0 radical (unpaired) electrons. The Kier molecular flexibility index (Phi) is 6.43. The summed E-state index contributed by atoms with van der Waals surface area (Å²) in [4.78, 5) is 28.1. The number of nitrogens with zero attached hydrogens (tertiary/aromatic N) is 1. The van der Waals surface area contributed by atoms with Gasteiger partial charge in [-0.15, -0.1) is 0 Å². The zero-order valence-corrected chi connectivity index (χ0v) is 18.8. The van der Waals surface area contributed by atoms with E-state index >= 15 is 0 Å². The van der Waals surface area contributed by atoms with Gasteiger partial charge >= 0.3 is 0 Å². The lowest BCUT2D eigenvalue weighted by Crippen LogP contribution is -2.32. The van der Waals surface area contributed by atoms with Crippen molar-refractivity contribution in [1.29, 1.82) is 0 Å². The van der Waals surface area contributed by atoms with Gasteiger partial charge in [0.2, 0.25) is 15.6 Å². The van der Waals surface area contributed by atoms with Crippen LogP contribution < -0.4 is 10.9 Å². The summed E-state index contributed by atoms with van der Waals surface area (Å²) in [7, 11) is -3.69. The predicted molar refractivity (Wildman–Crippen MR) is 124 cm³/mol. The van der Waals surface area contributed by atoms with Crippen molar-refractivity contribution >= 4 is 26.8 Å². The monoisotopic (exact) mass is 453 g/mol. The maximum absolute atomic E-state index is 13.2. The number of benzene rings is 2. The summed E-state index contributed by atoms with van der Waals surface area (Å²) >= 11 is 0. The molecule has 0 bridgehead atoms. The van der Waals surface area contributed by atoms with Gasteiger partial charge in [-0.2, -0.15) is 4.31 Å². The highest BCUT2D eigenvalue weighted by atomic mass is 32.2. The standard InChI is InChI=1S/C24H27N3O4S/c1-17(18-9-5-4-6-10-18)25-24(29)21-16-23(28)26-22-12-11-19(15-20(21)22)32(30,31)27-13-7-2-3-8-14-27/h4-6,9-12,15-17H,2-3,7-8,13-14H2,1H3,(H,25,29)(H,26,28). The molecular formula is C24H27N3O4S. The molecule has 1 aromatic heterocycles. The number of hydrogen-bond acceptors (Lipinski definition) is 4. The molecule has 1 aliphatic rings. The SMILES string of the molecule is CC(NC(=O)c1cc(=O)[nH]c2ccc(S(=O)(=O)N3CCCCCC3)cc12)c1ccccc1. The van der Waals surface area contributed by atoms with E-state index in [0.717, 1.165) is 31.2 Å². The van der Waals surface area contributed by atoms with E-state index in [1.165, 1.54) is 22.5 Å². The quantitative estimate of drug-likeness (QED) is 0.617. The van der Waals surface area contributed by atoms with E-state index in [0.29, 0.717) is 24.0 Å². The molecule has 3 aromatic rings. The largest absolute Gasteiger partial charge is 0.345 e. The molecule has 2 aromatic carbocycles. The Hall–Kier alpha value is -2.97. The van der Waals surface area contributed by atoms with Crippen molar-refractivity contribution in [3.8, 4) is 0 Å². The highest BCUT2D eigenvalue weighted by Gasteiger charge is 2.26. The lowest BCUT2D eigenvalue weighted by molar-refractivity contribution is 0.0941. The van der Waals surface area contributed by atoms with E-state index in [1.807, 2.05) is 37.3 Å². The third-order valence-corrected chi connectivity index (χ3v) is 7.80. The molecule has 4 rings (SSSR count). The number of aromatic amines is 1. The first-order valence-electron chi connectivity index (χ1n) is 10.9. The molecule has 1 amide bonds. The maximum Gasteiger partial charge on any atom is 0.252 e. The van der Waals surface area contributed by atoms with E-state index in [1.54, 1.807) is 6.07 Å². The minimum absolute atomic E-state index is 0.129. The molecule has 0 spiro atoms. The summed E-state index contributed by atoms with van der Waals surface area (Å²) in [6, 6.07) is 15.0. The van der Waals surface area contributed by atoms with E-state index in [-0.39, 0.29) is 16.5 Å². The van der Waals surface area contributed by atoms with Crippen LogP contribution >= 0.6 is 0 Å². The molecule has 1 unspecified atom stereocenters. The fourth-order valence-electron chi connectivity index (χ4n) is 4.11. The van der Waals surface area contributed by atoms with Gasteiger partial charge in [0.25, 0.3) is 5.91 Å². The zero-order valence-electron chi connectivity index (χ0n) is 18.0. The molecule has 32 heavy (non-hydrogen) atoms. The van der Waals surface area contributed by atoms with Crippen LogP contribution in [0.5, 0.6) is 0 Å². The summed E-state index contributed by atoms with van der Waals surface area (Å²) in [5, 5.41) is 3.31. The van der Waals surface area contributed by atoms with E-state index in [9.17, 15) is 18.0 Å². The van der Waals surface area contributed by atoms with Crippen LogP contribution in [0.4, 0.5) is 0 Å². The summed E-state index contributed by atoms with van der Waals surface area (Å²) in [5.41, 5.74) is 1.09. The number of hydrogen-bond donors (Lipinski definition) is 2. The van der Waals surface area contributed by atoms with Crippen LogP contribution in [0.15, 0.2) is 64.3 Å². The fourth-order valence-corrected chi connectivity index (χ4v) is 5.66. The molecular weight excluding hydrogens is 426 g/mol. The van der Waals surface area contributed by atoms with Crippen LogP contribution in [0.2, 0.25) is 0 Å². The van der Waals surface area contributed by atoms with Crippen molar-refractivity contribution in [2.75, 3.05) is 13.1 Å². The third-order valence-electron chi connectivity index (χ3n) is 5.91. The molecule has 2 N–H and O–H groups in total. The number of sulfonamides is 1. The van der Waals surface area contributed by atoms with Crippen LogP contribution in [0.3, 0.4) is 0 Å². The second-order valence-electron chi connectivity index (χ2n) is 8.18. The molecule has 0 saturated carbocycles. The molecule has 0 aliphatic carbocycles.